The highest BCUT2D eigenvalue weighted by atomic mass is 15.0. The molecule has 0 saturated heterocycles. The van der Waals surface area contributed by atoms with Crippen molar-refractivity contribution in [3.05, 3.63) is 215 Å². The summed E-state index contributed by atoms with van der Waals surface area (Å²) in [5.41, 5.74) is 12.1. The van der Waals surface area contributed by atoms with Gasteiger partial charge >= 0.3 is 0 Å². The van der Waals surface area contributed by atoms with E-state index in [2.05, 4.69) is 213 Å². The maximum Gasteiger partial charge on any atom is 0.0494 e. The molecule has 0 atom stereocenters. The van der Waals surface area contributed by atoms with Crippen LogP contribution >= 0.6 is 0 Å². The molecule has 1 heterocycles. The average Bonchev–Trinajstić information content (AvgIpc) is 3.47. The molecule has 0 fully saturated rings. The molecule has 0 bridgehead atoms. The monoisotopic (exact) mass is 617 g/mol. The molecule has 7 rings (SSSR count). The third-order valence-electron chi connectivity index (χ3n) is 8.81. The highest BCUT2D eigenvalue weighted by Crippen LogP contribution is 2.34. The fraction of sp³-hybridized carbons (Fsp3) is 0.0638. The van der Waals surface area contributed by atoms with Gasteiger partial charge in [-0.2, -0.15) is 0 Å². The van der Waals surface area contributed by atoms with Gasteiger partial charge in [-0.1, -0.05) is 170 Å². The van der Waals surface area contributed by atoms with Crippen molar-refractivity contribution in [2.75, 3.05) is 0 Å². The van der Waals surface area contributed by atoms with Crippen LogP contribution in [0.2, 0.25) is 0 Å². The van der Waals surface area contributed by atoms with Gasteiger partial charge in [-0.3, -0.25) is 0 Å². The lowest BCUT2D eigenvalue weighted by molar-refractivity contribution is 0.642. The Morgan fingerprint density at radius 2 is 0.771 bits per heavy atom. The highest BCUT2D eigenvalue weighted by Gasteiger charge is 2.13. The molecule has 0 unspecified atom stereocenters. The predicted octanol–water partition coefficient (Wildman–Crippen LogP) is 12.7. The fourth-order valence-electron chi connectivity index (χ4n) is 6.55. The van der Waals surface area contributed by atoms with Gasteiger partial charge in [0.2, 0.25) is 0 Å². The first kappa shape index (κ1) is 30.7. The zero-order chi connectivity index (χ0) is 32.7. The van der Waals surface area contributed by atoms with Crippen LogP contribution < -0.4 is 0 Å². The molecule has 7 aromatic rings. The molecular weight excluding hydrogens is 579 g/mol. The summed E-state index contributed by atoms with van der Waals surface area (Å²) in [4.78, 5) is 0. The standard InChI is InChI=1S/C47H39N/c1-35(2)48-46-31-29-36(17-15-27-42(38-19-7-3-8-20-38)39-21-9-4-10-22-39)33-44(46)45-34-37(30-32-47(45)48)18-16-28-43(40-23-11-5-12-24-40)41-25-13-6-14-26-41/h3-35H,1-2H3. The van der Waals surface area contributed by atoms with Crippen LogP contribution in [0, 0.1) is 0 Å². The Morgan fingerprint density at radius 1 is 0.438 bits per heavy atom. The molecule has 0 aliphatic heterocycles. The second-order valence-electron chi connectivity index (χ2n) is 12.4. The Kier molecular flexibility index (Phi) is 9.11. The van der Waals surface area contributed by atoms with Crippen LogP contribution in [0.3, 0.4) is 0 Å². The summed E-state index contributed by atoms with van der Waals surface area (Å²) in [6.45, 7) is 4.53. The van der Waals surface area contributed by atoms with E-state index in [1.807, 2.05) is 0 Å². The van der Waals surface area contributed by atoms with Gasteiger partial charge in [0.1, 0.15) is 0 Å². The first-order chi connectivity index (χ1) is 23.7. The van der Waals surface area contributed by atoms with Gasteiger partial charge in [-0.25, -0.2) is 0 Å². The summed E-state index contributed by atoms with van der Waals surface area (Å²) in [6, 6.07) is 56.4. The first-order valence-electron chi connectivity index (χ1n) is 16.7. The molecule has 48 heavy (non-hydrogen) atoms. The number of aromatic nitrogens is 1. The molecule has 0 amide bonds. The van der Waals surface area contributed by atoms with Crippen molar-refractivity contribution in [1.82, 2.24) is 4.57 Å². The Bertz CT molecular complexity index is 2020. The molecule has 0 spiro atoms. The van der Waals surface area contributed by atoms with Gasteiger partial charge in [-0.15, -0.1) is 0 Å². The number of nitrogens with zero attached hydrogens (tertiary/aromatic N) is 1. The van der Waals surface area contributed by atoms with Crippen LogP contribution in [-0.2, 0) is 0 Å². The smallest absolute Gasteiger partial charge is 0.0494 e. The van der Waals surface area contributed by atoms with Crippen molar-refractivity contribution in [3.8, 4) is 0 Å². The Hall–Kier alpha value is -5.92. The second kappa shape index (κ2) is 14.2. The lowest BCUT2D eigenvalue weighted by Gasteiger charge is -2.11. The average molecular weight is 618 g/mol. The van der Waals surface area contributed by atoms with Crippen molar-refractivity contribution in [1.29, 1.82) is 0 Å². The summed E-state index contributed by atoms with van der Waals surface area (Å²) < 4.78 is 2.46. The summed E-state index contributed by atoms with van der Waals surface area (Å²) in [6.07, 6.45) is 13.2. The lowest BCUT2D eigenvalue weighted by atomic mass is 9.97. The van der Waals surface area contributed by atoms with Crippen LogP contribution in [0.5, 0.6) is 0 Å². The molecule has 6 aromatic carbocycles. The van der Waals surface area contributed by atoms with Gasteiger partial charge in [0.25, 0.3) is 0 Å². The predicted molar refractivity (Wildman–Crippen MR) is 208 cm³/mol. The number of hydrogen-bond donors (Lipinski definition) is 0. The molecule has 0 aliphatic carbocycles. The van der Waals surface area contributed by atoms with Gasteiger partial charge in [0.15, 0.2) is 0 Å². The zero-order valence-electron chi connectivity index (χ0n) is 27.5. The number of allylic oxidation sites excluding steroid dienone is 4. The summed E-state index contributed by atoms with van der Waals surface area (Å²) in [5.74, 6) is 0. The van der Waals surface area contributed by atoms with Gasteiger partial charge in [0, 0.05) is 27.8 Å². The van der Waals surface area contributed by atoms with Gasteiger partial charge < -0.3 is 4.57 Å². The summed E-state index contributed by atoms with van der Waals surface area (Å²) in [5, 5.41) is 2.55. The molecule has 0 aliphatic rings. The number of rotatable bonds is 9. The Morgan fingerprint density at radius 3 is 1.08 bits per heavy atom. The molecular formula is C47H39N. The molecule has 1 heteroatoms. The summed E-state index contributed by atoms with van der Waals surface area (Å²) in [7, 11) is 0. The van der Waals surface area contributed by atoms with Crippen LogP contribution in [0.25, 0.3) is 45.1 Å². The van der Waals surface area contributed by atoms with E-state index < -0.39 is 0 Å². The van der Waals surface area contributed by atoms with E-state index in [1.54, 1.807) is 0 Å². The molecule has 1 nitrogen and oxygen atoms in total. The molecule has 0 radical (unpaired) electrons. The zero-order valence-corrected chi connectivity index (χ0v) is 27.5. The SMILES string of the molecule is CC(C)n1c2ccc(C=CC=C(c3ccccc3)c3ccccc3)cc2c2cc(C=CC=C(c3ccccc3)c3ccccc3)ccc21. The minimum atomic E-state index is 0.345. The Balaban J connectivity index is 1.25. The van der Waals surface area contributed by atoms with Crippen LogP contribution in [0.4, 0.5) is 0 Å². The quantitative estimate of drug-likeness (QED) is 0.142. The van der Waals surface area contributed by atoms with E-state index in [9.17, 15) is 0 Å². The lowest BCUT2D eigenvalue weighted by Crippen LogP contribution is -1.99. The number of fused-ring (bicyclic) bond motifs is 3. The highest BCUT2D eigenvalue weighted by molar-refractivity contribution is 6.09. The van der Waals surface area contributed by atoms with Crippen LogP contribution in [-0.4, -0.2) is 4.57 Å². The largest absolute Gasteiger partial charge is 0.338 e. The van der Waals surface area contributed by atoms with Crippen molar-refractivity contribution < 1.29 is 0 Å². The van der Waals surface area contributed by atoms with Crippen molar-refractivity contribution in [2.24, 2.45) is 0 Å². The third-order valence-corrected chi connectivity index (χ3v) is 8.81. The summed E-state index contributed by atoms with van der Waals surface area (Å²) >= 11 is 0. The fourth-order valence-corrected chi connectivity index (χ4v) is 6.55. The number of hydrogen-bond acceptors (Lipinski definition) is 0. The molecule has 0 saturated carbocycles. The number of benzene rings is 6. The maximum absolute atomic E-state index is 2.46. The normalized spacial score (nSPS) is 11.6. The van der Waals surface area contributed by atoms with Crippen LogP contribution in [0.1, 0.15) is 53.3 Å². The van der Waals surface area contributed by atoms with Gasteiger partial charge in [0.05, 0.1) is 0 Å². The van der Waals surface area contributed by atoms with E-state index in [-0.39, 0.29) is 0 Å². The molecule has 0 N–H and O–H groups in total. The minimum Gasteiger partial charge on any atom is -0.338 e. The Labute approximate surface area is 284 Å². The first-order valence-corrected chi connectivity index (χ1v) is 16.7. The topological polar surface area (TPSA) is 4.93 Å². The van der Waals surface area contributed by atoms with Crippen LogP contribution in [0.15, 0.2) is 182 Å². The van der Waals surface area contributed by atoms with Crippen molar-refractivity contribution in [2.45, 2.75) is 19.9 Å². The van der Waals surface area contributed by atoms with Gasteiger partial charge in [-0.05, 0) is 82.6 Å². The van der Waals surface area contributed by atoms with E-state index in [0.29, 0.717) is 6.04 Å². The van der Waals surface area contributed by atoms with Crippen molar-refractivity contribution in [3.63, 3.8) is 0 Å². The van der Waals surface area contributed by atoms with E-state index in [1.165, 1.54) is 66.3 Å². The van der Waals surface area contributed by atoms with Crippen molar-refractivity contribution >= 4 is 45.1 Å². The second-order valence-corrected chi connectivity index (χ2v) is 12.4. The van der Waals surface area contributed by atoms with E-state index >= 15 is 0 Å². The van der Waals surface area contributed by atoms with E-state index in [0.717, 1.165) is 0 Å². The maximum atomic E-state index is 2.46. The van der Waals surface area contributed by atoms with E-state index in [4.69, 9.17) is 0 Å². The molecule has 1 aromatic heterocycles. The molecule has 232 valence electrons. The third kappa shape index (κ3) is 6.63. The minimum absolute atomic E-state index is 0.345.